The highest BCUT2D eigenvalue weighted by atomic mass is 32.1. The average molecular weight is 423 g/mol. The molecule has 0 atom stereocenters. The fourth-order valence-electron chi connectivity index (χ4n) is 3.10. The molecule has 10 heteroatoms. The summed E-state index contributed by atoms with van der Waals surface area (Å²) in [4.78, 5) is 32.3. The topological polar surface area (TPSA) is 115 Å². The van der Waals surface area contributed by atoms with E-state index in [2.05, 4.69) is 24.9 Å². The molecule has 3 N–H and O–H groups in total. The predicted octanol–water partition coefficient (Wildman–Crippen LogP) is 3.37. The van der Waals surface area contributed by atoms with Crippen LogP contribution in [0.15, 0.2) is 47.1 Å². The molecule has 0 saturated carbocycles. The fourth-order valence-corrected chi connectivity index (χ4v) is 3.97. The van der Waals surface area contributed by atoms with Crippen LogP contribution in [0.5, 0.6) is 0 Å². The van der Waals surface area contributed by atoms with Crippen molar-refractivity contribution in [2.24, 2.45) is 0 Å². The molecule has 0 fully saturated rings. The van der Waals surface area contributed by atoms with E-state index in [4.69, 9.17) is 5.73 Å². The molecule has 0 radical (unpaired) electrons. The highest BCUT2D eigenvalue weighted by Gasteiger charge is 2.16. The van der Waals surface area contributed by atoms with Crippen molar-refractivity contribution < 1.29 is 4.39 Å². The van der Waals surface area contributed by atoms with Gasteiger partial charge in [-0.2, -0.15) is 0 Å². The summed E-state index contributed by atoms with van der Waals surface area (Å²) < 4.78 is 15.0. The van der Waals surface area contributed by atoms with Gasteiger partial charge in [-0.25, -0.2) is 24.3 Å². The summed E-state index contributed by atoms with van der Waals surface area (Å²) in [5, 5.41) is 1.90. The number of fused-ring (bicyclic) bond motifs is 2. The molecule has 0 aliphatic rings. The van der Waals surface area contributed by atoms with Gasteiger partial charge in [0.15, 0.2) is 16.4 Å². The molecule has 0 bridgehead atoms. The molecule has 152 valence electrons. The van der Waals surface area contributed by atoms with Gasteiger partial charge in [-0.3, -0.25) is 9.20 Å². The first-order valence-electron chi connectivity index (χ1n) is 9.14. The molecule has 5 aromatic rings. The number of aryl methyl sites for hydroxylation is 2. The molecule has 0 aliphatic heterocycles. The van der Waals surface area contributed by atoms with E-state index in [0.29, 0.717) is 45.2 Å². The lowest BCUT2D eigenvalue weighted by atomic mass is 10.0. The smallest absolute Gasteiger partial charge is 0.266 e. The number of nitrogens with one attached hydrogen (secondary N) is 1. The lowest BCUT2D eigenvalue weighted by Crippen LogP contribution is -2.19. The molecule has 4 heterocycles. The van der Waals surface area contributed by atoms with Gasteiger partial charge in [-0.1, -0.05) is 19.1 Å². The van der Waals surface area contributed by atoms with E-state index in [9.17, 15) is 9.18 Å². The van der Waals surface area contributed by atoms with Gasteiger partial charge in [0.25, 0.3) is 5.56 Å². The number of hydrogen-bond donors (Lipinski definition) is 2. The SMILES string of the molecule is CCc1nc2scc(C)n2c(=O)c1-c1cccc(F)c1.Nc1ncnc2nc[nH]c12. The Bertz CT molecular complexity index is 1410. The molecule has 1 aromatic carbocycles. The van der Waals surface area contributed by atoms with Gasteiger partial charge in [-0.15, -0.1) is 11.3 Å². The number of nitrogens with two attached hydrogens (primary N) is 1. The molecule has 0 amide bonds. The predicted molar refractivity (Wildman–Crippen MR) is 115 cm³/mol. The number of imidazole rings is 1. The van der Waals surface area contributed by atoms with Gasteiger partial charge in [0.1, 0.15) is 17.7 Å². The van der Waals surface area contributed by atoms with E-state index in [1.165, 1.54) is 36.1 Å². The number of nitrogen functional groups attached to an aromatic ring is 1. The monoisotopic (exact) mass is 423 g/mol. The zero-order valence-electron chi connectivity index (χ0n) is 16.3. The molecule has 0 saturated heterocycles. The van der Waals surface area contributed by atoms with Gasteiger partial charge in [0, 0.05) is 11.1 Å². The third-order valence-electron chi connectivity index (χ3n) is 4.52. The van der Waals surface area contributed by atoms with E-state index < -0.39 is 0 Å². The van der Waals surface area contributed by atoms with Crippen molar-refractivity contribution >= 4 is 33.3 Å². The summed E-state index contributed by atoms with van der Waals surface area (Å²) in [6.07, 6.45) is 3.56. The third-order valence-corrected chi connectivity index (χ3v) is 5.46. The maximum absolute atomic E-state index is 13.4. The summed E-state index contributed by atoms with van der Waals surface area (Å²) >= 11 is 1.44. The number of halogens is 1. The maximum Gasteiger partial charge on any atom is 0.266 e. The van der Waals surface area contributed by atoms with Crippen LogP contribution in [-0.2, 0) is 6.42 Å². The fraction of sp³-hybridized carbons (Fsp3) is 0.150. The quantitative estimate of drug-likeness (QED) is 0.450. The van der Waals surface area contributed by atoms with Gasteiger partial charge in [0.2, 0.25) is 0 Å². The molecule has 4 aromatic heterocycles. The van der Waals surface area contributed by atoms with Crippen LogP contribution < -0.4 is 11.3 Å². The zero-order chi connectivity index (χ0) is 21.3. The van der Waals surface area contributed by atoms with Gasteiger partial charge in [-0.05, 0) is 31.0 Å². The zero-order valence-corrected chi connectivity index (χ0v) is 17.1. The van der Waals surface area contributed by atoms with Crippen molar-refractivity contribution in [3.05, 3.63) is 69.9 Å². The van der Waals surface area contributed by atoms with Gasteiger partial charge in [0.05, 0.1) is 17.6 Å². The Kier molecular flexibility index (Phi) is 5.23. The second kappa shape index (κ2) is 7.99. The summed E-state index contributed by atoms with van der Waals surface area (Å²) in [6.45, 7) is 3.81. The highest BCUT2D eigenvalue weighted by Crippen LogP contribution is 2.23. The van der Waals surface area contributed by atoms with Crippen molar-refractivity contribution in [1.82, 2.24) is 29.3 Å². The normalized spacial score (nSPS) is 10.9. The molecular weight excluding hydrogens is 405 g/mol. The first-order chi connectivity index (χ1) is 14.5. The minimum atomic E-state index is -0.351. The first kappa shape index (κ1) is 19.6. The van der Waals surface area contributed by atoms with Crippen molar-refractivity contribution in [2.45, 2.75) is 20.3 Å². The average Bonchev–Trinajstić information content (AvgIpc) is 3.36. The van der Waals surface area contributed by atoms with E-state index in [1.54, 1.807) is 16.5 Å². The summed E-state index contributed by atoms with van der Waals surface area (Å²) in [5.41, 5.74) is 9.29. The number of hydrogen-bond acceptors (Lipinski definition) is 7. The second-order valence-corrected chi connectivity index (χ2v) is 7.29. The largest absolute Gasteiger partial charge is 0.382 e. The molecular formula is C20H18FN7OS. The van der Waals surface area contributed by atoms with Crippen LogP contribution >= 0.6 is 11.3 Å². The summed E-state index contributed by atoms with van der Waals surface area (Å²) in [6, 6.07) is 6.11. The minimum absolute atomic E-state index is 0.129. The van der Waals surface area contributed by atoms with Crippen molar-refractivity contribution in [1.29, 1.82) is 0 Å². The number of nitrogens with zero attached hydrogens (tertiary/aromatic N) is 5. The van der Waals surface area contributed by atoms with E-state index in [0.717, 1.165) is 5.69 Å². The molecule has 30 heavy (non-hydrogen) atoms. The Morgan fingerprint density at radius 3 is 2.83 bits per heavy atom. The van der Waals surface area contributed by atoms with Crippen LogP contribution in [-0.4, -0.2) is 29.3 Å². The van der Waals surface area contributed by atoms with E-state index in [1.807, 2.05) is 19.2 Å². The number of aromatic nitrogens is 6. The number of rotatable bonds is 2. The van der Waals surface area contributed by atoms with Gasteiger partial charge < -0.3 is 10.7 Å². The van der Waals surface area contributed by atoms with E-state index in [-0.39, 0.29) is 11.4 Å². The molecule has 5 rings (SSSR count). The number of thiazole rings is 1. The van der Waals surface area contributed by atoms with Gasteiger partial charge >= 0.3 is 0 Å². The molecule has 0 spiro atoms. The van der Waals surface area contributed by atoms with Crippen LogP contribution in [0.1, 0.15) is 18.3 Å². The third kappa shape index (κ3) is 3.52. The summed E-state index contributed by atoms with van der Waals surface area (Å²) in [7, 11) is 0. The van der Waals surface area contributed by atoms with Crippen molar-refractivity contribution in [3.8, 4) is 11.1 Å². The van der Waals surface area contributed by atoms with Crippen LogP contribution in [0.4, 0.5) is 10.2 Å². The number of anilines is 1. The Labute approximate surface area is 174 Å². The van der Waals surface area contributed by atoms with E-state index >= 15 is 0 Å². The Morgan fingerprint density at radius 1 is 1.27 bits per heavy atom. The van der Waals surface area contributed by atoms with Crippen LogP contribution in [0.25, 0.3) is 27.3 Å². The molecule has 8 nitrogen and oxygen atoms in total. The lowest BCUT2D eigenvalue weighted by Gasteiger charge is -2.08. The van der Waals surface area contributed by atoms with Crippen LogP contribution in [0.3, 0.4) is 0 Å². The standard InChI is InChI=1S/C15H13FN2OS.C5H5N5/c1-3-12-13(10-5-4-6-11(16)7-10)14(19)18-9(2)8-20-15(18)17-12;6-4-3-5(9-1-7-3)10-2-8-4/h4-8H,3H2,1-2H3;1-2H,(H3,6,7,8,9,10). The van der Waals surface area contributed by atoms with Crippen LogP contribution in [0.2, 0.25) is 0 Å². The first-order valence-corrected chi connectivity index (χ1v) is 10.0. The molecule has 0 unspecified atom stereocenters. The van der Waals surface area contributed by atoms with Crippen molar-refractivity contribution in [2.75, 3.05) is 5.73 Å². The Hall–Kier alpha value is -3.66. The highest BCUT2D eigenvalue weighted by molar-refractivity contribution is 7.15. The number of benzene rings is 1. The minimum Gasteiger partial charge on any atom is -0.382 e. The lowest BCUT2D eigenvalue weighted by molar-refractivity contribution is 0.628. The summed E-state index contributed by atoms with van der Waals surface area (Å²) in [5.74, 6) is 0.0820. The maximum atomic E-state index is 13.4. The Balaban J connectivity index is 0.000000181. The second-order valence-electron chi connectivity index (χ2n) is 6.46. The van der Waals surface area contributed by atoms with Crippen molar-refractivity contribution in [3.63, 3.8) is 0 Å². The number of aromatic amines is 1. The number of H-pyrrole nitrogens is 1. The molecule has 0 aliphatic carbocycles. The Morgan fingerprint density at radius 2 is 2.10 bits per heavy atom. The van der Waals surface area contributed by atoms with Crippen LogP contribution in [0, 0.1) is 12.7 Å².